The summed E-state index contributed by atoms with van der Waals surface area (Å²) >= 11 is 3.42. The molecule has 3 nitrogen and oxygen atoms in total. The fourth-order valence-corrected chi connectivity index (χ4v) is 2.03. The first-order chi connectivity index (χ1) is 8.69. The highest BCUT2D eigenvalue weighted by atomic mass is 79.9. The van der Waals surface area contributed by atoms with E-state index in [2.05, 4.69) is 15.9 Å². The molecule has 0 aliphatic carbocycles. The maximum Gasteiger partial charge on any atom is 0.134 e. The van der Waals surface area contributed by atoms with Crippen LogP contribution in [0.4, 0.5) is 5.69 Å². The Labute approximate surface area is 115 Å². The third kappa shape index (κ3) is 3.17. The van der Waals surface area contributed by atoms with Gasteiger partial charge in [0.15, 0.2) is 0 Å². The Morgan fingerprint density at radius 1 is 1.11 bits per heavy atom. The molecule has 0 unspecified atom stereocenters. The molecule has 2 aromatic carbocycles. The molecule has 4 heteroatoms. The predicted octanol–water partition coefficient (Wildman–Crippen LogP) is 3.62. The molecule has 2 rings (SSSR count). The number of rotatable bonds is 4. The number of ether oxygens (including phenoxy) is 2. The van der Waals surface area contributed by atoms with Crippen molar-refractivity contribution >= 4 is 21.6 Å². The fourth-order valence-electron chi connectivity index (χ4n) is 1.52. The van der Waals surface area contributed by atoms with Crippen molar-refractivity contribution in [3.63, 3.8) is 0 Å². The van der Waals surface area contributed by atoms with E-state index in [9.17, 15) is 0 Å². The van der Waals surface area contributed by atoms with E-state index < -0.39 is 0 Å². The fraction of sp³-hybridized carbons (Fsp3) is 0.143. The van der Waals surface area contributed by atoms with Gasteiger partial charge in [0.25, 0.3) is 0 Å². The highest BCUT2D eigenvalue weighted by Crippen LogP contribution is 2.27. The van der Waals surface area contributed by atoms with Gasteiger partial charge in [-0.1, -0.05) is 12.1 Å². The summed E-state index contributed by atoms with van der Waals surface area (Å²) in [4.78, 5) is 0. The number of nitrogens with two attached hydrogens (primary N) is 1. The van der Waals surface area contributed by atoms with Crippen LogP contribution in [0.3, 0.4) is 0 Å². The Kier molecular flexibility index (Phi) is 4.10. The van der Waals surface area contributed by atoms with Gasteiger partial charge in [0, 0.05) is 5.69 Å². The van der Waals surface area contributed by atoms with Crippen molar-refractivity contribution < 1.29 is 9.47 Å². The van der Waals surface area contributed by atoms with Crippen molar-refractivity contribution in [2.24, 2.45) is 0 Å². The lowest BCUT2D eigenvalue weighted by Crippen LogP contribution is -1.96. The van der Waals surface area contributed by atoms with E-state index in [4.69, 9.17) is 15.2 Å². The minimum Gasteiger partial charge on any atom is -0.497 e. The molecule has 18 heavy (non-hydrogen) atoms. The highest BCUT2D eigenvalue weighted by Gasteiger charge is 2.02. The molecule has 0 aliphatic rings. The monoisotopic (exact) mass is 307 g/mol. The van der Waals surface area contributed by atoms with Crippen LogP contribution in [0.15, 0.2) is 46.9 Å². The standard InChI is InChI=1S/C14H14BrNO2/c1-17-12-5-2-10(3-6-12)9-18-14-7-4-11(16)8-13(14)15/h2-8H,9,16H2,1H3. The SMILES string of the molecule is COc1ccc(COc2ccc(N)cc2Br)cc1. The smallest absolute Gasteiger partial charge is 0.134 e. The highest BCUT2D eigenvalue weighted by molar-refractivity contribution is 9.10. The van der Waals surface area contributed by atoms with Crippen LogP contribution in [0, 0.1) is 0 Å². The average Bonchev–Trinajstić information content (AvgIpc) is 2.38. The third-order valence-corrected chi connectivity index (χ3v) is 3.13. The molecule has 0 fully saturated rings. The number of anilines is 1. The first kappa shape index (κ1) is 12.8. The molecule has 0 atom stereocenters. The first-order valence-corrected chi connectivity index (χ1v) is 6.29. The van der Waals surface area contributed by atoms with Gasteiger partial charge in [0.1, 0.15) is 18.1 Å². The molecule has 0 saturated carbocycles. The van der Waals surface area contributed by atoms with Crippen molar-refractivity contribution in [2.75, 3.05) is 12.8 Å². The van der Waals surface area contributed by atoms with E-state index >= 15 is 0 Å². The normalized spacial score (nSPS) is 10.1. The van der Waals surface area contributed by atoms with Gasteiger partial charge in [0.05, 0.1) is 11.6 Å². The lowest BCUT2D eigenvalue weighted by atomic mass is 10.2. The molecule has 0 heterocycles. The van der Waals surface area contributed by atoms with Crippen LogP contribution in [0.2, 0.25) is 0 Å². The molecule has 0 spiro atoms. The van der Waals surface area contributed by atoms with Crippen molar-refractivity contribution in [3.05, 3.63) is 52.5 Å². The topological polar surface area (TPSA) is 44.5 Å². The van der Waals surface area contributed by atoms with Gasteiger partial charge in [-0.15, -0.1) is 0 Å². The van der Waals surface area contributed by atoms with E-state index in [1.165, 1.54) is 0 Å². The summed E-state index contributed by atoms with van der Waals surface area (Å²) in [6.45, 7) is 0.506. The van der Waals surface area contributed by atoms with Gasteiger partial charge in [0.2, 0.25) is 0 Å². The van der Waals surface area contributed by atoms with Gasteiger partial charge in [-0.05, 0) is 51.8 Å². The maximum absolute atomic E-state index is 5.71. The van der Waals surface area contributed by atoms with Gasteiger partial charge >= 0.3 is 0 Å². The largest absolute Gasteiger partial charge is 0.497 e. The lowest BCUT2D eigenvalue weighted by molar-refractivity contribution is 0.304. The second kappa shape index (κ2) is 5.78. The second-order valence-electron chi connectivity index (χ2n) is 3.83. The zero-order valence-corrected chi connectivity index (χ0v) is 11.6. The Bertz CT molecular complexity index is 526. The Balaban J connectivity index is 2.02. The summed E-state index contributed by atoms with van der Waals surface area (Å²) < 4.78 is 11.7. The molecule has 0 aromatic heterocycles. The summed E-state index contributed by atoms with van der Waals surface area (Å²) in [6.07, 6.45) is 0. The number of hydrogen-bond acceptors (Lipinski definition) is 3. The third-order valence-electron chi connectivity index (χ3n) is 2.51. The maximum atomic E-state index is 5.71. The molecule has 2 N–H and O–H groups in total. The predicted molar refractivity (Wildman–Crippen MR) is 75.9 cm³/mol. The number of nitrogen functional groups attached to an aromatic ring is 1. The molecule has 0 bridgehead atoms. The van der Waals surface area contributed by atoms with E-state index in [-0.39, 0.29) is 0 Å². The number of benzene rings is 2. The molecule has 0 amide bonds. The molecular formula is C14H14BrNO2. The Hall–Kier alpha value is -1.68. The van der Waals surface area contributed by atoms with Gasteiger partial charge < -0.3 is 15.2 Å². The summed E-state index contributed by atoms with van der Waals surface area (Å²) in [5, 5.41) is 0. The molecular weight excluding hydrogens is 294 g/mol. The van der Waals surface area contributed by atoms with Crippen molar-refractivity contribution in [3.8, 4) is 11.5 Å². The lowest BCUT2D eigenvalue weighted by Gasteiger charge is -2.09. The van der Waals surface area contributed by atoms with Crippen molar-refractivity contribution in [1.82, 2.24) is 0 Å². The Morgan fingerprint density at radius 3 is 2.44 bits per heavy atom. The summed E-state index contributed by atoms with van der Waals surface area (Å²) in [7, 11) is 1.65. The van der Waals surface area contributed by atoms with Crippen LogP contribution < -0.4 is 15.2 Å². The van der Waals surface area contributed by atoms with Crippen molar-refractivity contribution in [2.45, 2.75) is 6.61 Å². The van der Waals surface area contributed by atoms with Gasteiger partial charge in [-0.3, -0.25) is 0 Å². The van der Waals surface area contributed by atoms with E-state index in [0.717, 1.165) is 21.5 Å². The number of halogens is 1. The van der Waals surface area contributed by atoms with Gasteiger partial charge in [-0.25, -0.2) is 0 Å². The van der Waals surface area contributed by atoms with Crippen LogP contribution >= 0.6 is 15.9 Å². The summed E-state index contributed by atoms with van der Waals surface area (Å²) in [6, 6.07) is 13.3. The van der Waals surface area contributed by atoms with Crippen LogP contribution in [-0.4, -0.2) is 7.11 Å². The number of hydrogen-bond donors (Lipinski definition) is 1. The van der Waals surface area contributed by atoms with Gasteiger partial charge in [-0.2, -0.15) is 0 Å². The molecule has 0 saturated heterocycles. The second-order valence-corrected chi connectivity index (χ2v) is 4.68. The van der Waals surface area contributed by atoms with Crippen LogP contribution in [0.5, 0.6) is 11.5 Å². The van der Waals surface area contributed by atoms with Crippen LogP contribution in [0.25, 0.3) is 0 Å². The summed E-state index contributed by atoms with van der Waals surface area (Å²) in [5.41, 5.74) is 7.46. The average molecular weight is 308 g/mol. The van der Waals surface area contributed by atoms with Crippen LogP contribution in [0.1, 0.15) is 5.56 Å². The first-order valence-electron chi connectivity index (χ1n) is 5.50. The number of methoxy groups -OCH3 is 1. The summed E-state index contributed by atoms with van der Waals surface area (Å²) in [5.74, 6) is 1.62. The molecule has 94 valence electrons. The van der Waals surface area contributed by atoms with E-state index in [0.29, 0.717) is 12.3 Å². The Morgan fingerprint density at radius 2 is 1.83 bits per heavy atom. The molecule has 0 radical (unpaired) electrons. The minimum atomic E-state index is 0.506. The quantitative estimate of drug-likeness (QED) is 0.877. The van der Waals surface area contributed by atoms with E-state index in [1.807, 2.05) is 42.5 Å². The van der Waals surface area contributed by atoms with Crippen molar-refractivity contribution in [1.29, 1.82) is 0 Å². The van der Waals surface area contributed by atoms with E-state index in [1.54, 1.807) is 7.11 Å². The zero-order valence-electron chi connectivity index (χ0n) is 10.0. The molecule has 0 aliphatic heterocycles. The molecule has 2 aromatic rings. The minimum absolute atomic E-state index is 0.506. The van der Waals surface area contributed by atoms with Crippen LogP contribution in [-0.2, 0) is 6.61 Å². The zero-order chi connectivity index (χ0) is 13.0.